The van der Waals surface area contributed by atoms with Crippen LogP contribution < -0.4 is 5.43 Å². The van der Waals surface area contributed by atoms with Crippen molar-refractivity contribution in [3.63, 3.8) is 0 Å². The molecule has 0 atom stereocenters. The molecule has 0 bridgehead atoms. The lowest BCUT2D eigenvalue weighted by atomic mass is 10.1. The summed E-state index contributed by atoms with van der Waals surface area (Å²) in [5.41, 5.74) is 5.36. The summed E-state index contributed by atoms with van der Waals surface area (Å²) in [7, 11) is 5.36. The summed E-state index contributed by atoms with van der Waals surface area (Å²) in [6.45, 7) is 3.47. The zero-order valence-electron chi connectivity index (χ0n) is 12.9. The van der Waals surface area contributed by atoms with Gasteiger partial charge in [-0.05, 0) is 25.2 Å². The third-order valence-electron chi connectivity index (χ3n) is 2.65. The molecule has 0 aliphatic heterocycles. The summed E-state index contributed by atoms with van der Waals surface area (Å²) < 4.78 is 10.5. The van der Waals surface area contributed by atoms with Gasteiger partial charge >= 0.3 is 0 Å². The lowest BCUT2D eigenvalue weighted by Gasteiger charge is -2.13. The van der Waals surface area contributed by atoms with E-state index in [9.17, 15) is 0 Å². The maximum Gasteiger partial charge on any atom is 0.189 e. The Balaban J connectivity index is 2.72. The molecule has 21 heavy (non-hydrogen) atoms. The lowest BCUT2D eigenvalue weighted by Crippen LogP contribution is -2.31. The van der Waals surface area contributed by atoms with Gasteiger partial charge in [-0.2, -0.15) is 5.10 Å². The van der Waals surface area contributed by atoms with E-state index in [-0.39, 0.29) is 0 Å². The Labute approximate surface area is 131 Å². The monoisotopic (exact) mass is 310 g/mol. The van der Waals surface area contributed by atoms with E-state index in [1.165, 1.54) is 0 Å². The topological polar surface area (TPSA) is 59.0 Å². The molecule has 0 fully saturated rings. The predicted molar refractivity (Wildman–Crippen MR) is 87.4 cm³/mol. The van der Waals surface area contributed by atoms with Crippen LogP contribution in [0.5, 0.6) is 0 Å². The van der Waals surface area contributed by atoms with E-state index >= 15 is 0 Å². The zero-order chi connectivity index (χ0) is 15.7. The van der Waals surface area contributed by atoms with Crippen LogP contribution in [0.2, 0.25) is 0 Å². The largest absolute Gasteiger partial charge is 0.382 e. The molecule has 1 N–H and O–H groups in total. The highest BCUT2D eigenvalue weighted by molar-refractivity contribution is 7.80. The van der Waals surface area contributed by atoms with Crippen molar-refractivity contribution in [1.82, 2.24) is 15.3 Å². The Hall–Kier alpha value is -1.57. The molecular formula is C14H22N4O2S. The van der Waals surface area contributed by atoms with Crippen LogP contribution in [-0.2, 0) is 16.1 Å². The molecule has 0 saturated carbocycles. The van der Waals surface area contributed by atoms with Crippen molar-refractivity contribution in [2.75, 3.05) is 34.4 Å². The second-order valence-corrected chi connectivity index (χ2v) is 4.95. The van der Waals surface area contributed by atoms with Crippen LogP contribution in [0.3, 0.4) is 0 Å². The van der Waals surface area contributed by atoms with E-state index in [1.54, 1.807) is 18.2 Å². The summed E-state index contributed by atoms with van der Waals surface area (Å²) in [4.78, 5) is 6.14. The van der Waals surface area contributed by atoms with Crippen LogP contribution in [0, 0.1) is 0 Å². The number of hydrazone groups is 1. The summed E-state index contributed by atoms with van der Waals surface area (Å²) >= 11 is 5.13. The first-order chi connectivity index (χ1) is 10.1. The number of aromatic nitrogens is 1. The first-order valence-electron chi connectivity index (χ1n) is 6.58. The van der Waals surface area contributed by atoms with Crippen molar-refractivity contribution >= 4 is 23.0 Å². The molecule has 1 aromatic rings. The number of nitrogens with one attached hydrogen (secondary N) is 1. The maximum atomic E-state index is 5.54. The number of ether oxygens (including phenoxy) is 2. The van der Waals surface area contributed by atoms with Gasteiger partial charge in [0.15, 0.2) is 5.11 Å². The minimum absolute atomic E-state index is 0.470. The normalized spacial score (nSPS) is 11.3. The number of pyridine rings is 1. The second-order valence-electron chi connectivity index (χ2n) is 4.57. The molecule has 1 rings (SSSR count). The van der Waals surface area contributed by atoms with Crippen molar-refractivity contribution in [1.29, 1.82) is 0 Å². The molecule has 0 radical (unpaired) electrons. The van der Waals surface area contributed by atoms with Gasteiger partial charge in [0, 0.05) is 33.0 Å². The first kappa shape index (κ1) is 17.5. The second kappa shape index (κ2) is 9.38. The number of hydrogen-bond donors (Lipinski definition) is 1. The van der Waals surface area contributed by atoms with Gasteiger partial charge in [-0.1, -0.05) is 6.07 Å². The van der Waals surface area contributed by atoms with Crippen molar-refractivity contribution in [2.45, 2.75) is 13.5 Å². The summed E-state index contributed by atoms with van der Waals surface area (Å²) in [6.07, 6.45) is 1.73. The highest BCUT2D eigenvalue weighted by atomic mass is 32.1. The summed E-state index contributed by atoms with van der Waals surface area (Å²) in [6, 6.07) is 3.85. The molecule has 0 saturated heterocycles. The SMILES string of the molecule is COCCOCc1cccnc1/C(C)=N/NC(=S)N(C)C. The predicted octanol–water partition coefficient (Wildman–Crippen LogP) is 1.40. The van der Waals surface area contributed by atoms with Gasteiger partial charge in [-0.25, -0.2) is 0 Å². The Morgan fingerprint density at radius 1 is 1.43 bits per heavy atom. The molecule has 0 aromatic carbocycles. The Kier molecular flexibility index (Phi) is 7.81. The van der Waals surface area contributed by atoms with Gasteiger partial charge < -0.3 is 14.4 Å². The molecule has 6 nitrogen and oxygen atoms in total. The fourth-order valence-corrected chi connectivity index (χ4v) is 1.54. The van der Waals surface area contributed by atoms with Crippen LogP contribution >= 0.6 is 12.2 Å². The molecule has 7 heteroatoms. The molecule has 0 aliphatic carbocycles. The van der Waals surface area contributed by atoms with Gasteiger partial charge in [0.05, 0.1) is 31.2 Å². The average molecular weight is 310 g/mol. The zero-order valence-corrected chi connectivity index (χ0v) is 13.7. The number of hydrogen-bond acceptors (Lipinski definition) is 5. The van der Waals surface area contributed by atoms with Gasteiger partial charge in [-0.15, -0.1) is 0 Å². The standard InChI is InChI=1S/C14H22N4O2S/c1-11(16-17-14(21)18(2)3)13-12(6-5-7-15-13)10-20-9-8-19-4/h5-7H,8-10H2,1-4H3,(H,17,21)/b16-11+. The molecular weight excluding hydrogens is 288 g/mol. The third kappa shape index (κ3) is 6.16. The van der Waals surface area contributed by atoms with Gasteiger partial charge in [0.1, 0.15) is 0 Å². The minimum Gasteiger partial charge on any atom is -0.382 e. The van der Waals surface area contributed by atoms with Crippen molar-refractivity contribution in [3.8, 4) is 0 Å². The highest BCUT2D eigenvalue weighted by Crippen LogP contribution is 2.08. The van der Waals surface area contributed by atoms with Crippen molar-refractivity contribution in [2.24, 2.45) is 5.10 Å². The molecule has 0 amide bonds. The average Bonchev–Trinajstić information content (AvgIpc) is 2.49. The Morgan fingerprint density at radius 2 is 2.19 bits per heavy atom. The molecule has 1 heterocycles. The van der Waals surface area contributed by atoms with Gasteiger partial charge in [0.25, 0.3) is 0 Å². The summed E-state index contributed by atoms with van der Waals surface area (Å²) in [5, 5.41) is 4.81. The molecule has 0 spiro atoms. The molecule has 0 aliphatic rings. The van der Waals surface area contributed by atoms with Crippen LogP contribution in [0.4, 0.5) is 0 Å². The minimum atomic E-state index is 0.470. The van der Waals surface area contributed by atoms with Crippen molar-refractivity contribution < 1.29 is 9.47 Å². The number of nitrogens with zero attached hydrogens (tertiary/aromatic N) is 3. The molecule has 116 valence electrons. The van der Waals surface area contributed by atoms with E-state index in [0.29, 0.717) is 24.9 Å². The Bertz CT molecular complexity index is 492. The van der Waals surface area contributed by atoms with E-state index in [4.69, 9.17) is 21.7 Å². The fourth-order valence-electron chi connectivity index (χ4n) is 1.49. The number of thiocarbonyl (C=S) groups is 1. The van der Waals surface area contributed by atoms with Crippen LogP contribution in [0.25, 0.3) is 0 Å². The summed E-state index contributed by atoms with van der Waals surface area (Å²) in [5.74, 6) is 0. The highest BCUT2D eigenvalue weighted by Gasteiger charge is 2.07. The lowest BCUT2D eigenvalue weighted by molar-refractivity contribution is 0.0615. The van der Waals surface area contributed by atoms with Crippen LogP contribution in [0.1, 0.15) is 18.2 Å². The maximum absolute atomic E-state index is 5.54. The smallest absolute Gasteiger partial charge is 0.189 e. The Morgan fingerprint density at radius 3 is 2.86 bits per heavy atom. The van der Waals surface area contributed by atoms with Crippen molar-refractivity contribution in [3.05, 3.63) is 29.6 Å². The van der Waals surface area contributed by atoms with E-state index in [2.05, 4.69) is 15.5 Å². The molecule has 1 aromatic heterocycles. The quantitative estimate of drug-likeness (QED) is 0.356. The first-order valence-corrected chi connectivity index (χ1v) is 6.99. The van der Waals surface area contributed by atoms with E-state index < -0.39 is 0 Å². The third-order valence-corrected chi connectivity index (χ3v) is 3.11. The fraction of sp³-hybridized carbons (Fsp3) is 0.500. The van der Waals surface area contributed by atoms with Crippen LogP contribution in [-0.4, -0.2) is 55.1 Å². The molecule has 0 unspecified atom stereocenters. The van der Waals surface area contributed by atoms with E-state index in [0.717, 1.165) is 17.0 Å². The van der Waals surface area contributed by atoms with Gasteiger partial charge in [-0.3, -0.25) is 10.4 Å². The van der Waals surface area contributed by atoms with Crippen LogP contribution in [0.15, 0.2) is 23.4 Å². The van der Waals surface area contributed by atoms with Gasteiger partial charge in [0.2, 0.25) is 0 Å². The number of methoxy groups -OCH3 is 1. The number of rotatable bonds is 7. The van der Waals surface area contributed by atoms with E-state index in [1.807, 2.05) is 33.2 Å².